The van der Waals surface area contributed by atoms with E-state index in [4.69, 9.17) is 0 Å². The van der Waals surface area contributed by atoms with Crippen molar-refractivity contribution in [2.24, 2.45) is 22.7 Å². The molecule has 2 aliphatic carbocycles. The lowest BCUT2D eigenvalue weighted by molar-refractivity contribution is -0.0368. The zero-order chi connectivity index (χ0) is 11.8. The van der Waals surface area contributed by atoms with E-state index in [1.807, 2.05) is 0 Å². The van der Waals surface area contributed by atoms with Crippen molar-refractivity contribution in [3.05, 3.63) is 0 Å². The topological polar surface area (TPSA) is 20.2 Å². The second-order valence-electron chi connectivity index (χ2n) is 7.29. The van der Waals surface area contributed by atoms with Gasteiger partial charge in [0.05, 0.1) is 0 Å². The zero-order valence-electron chi connectivity index (χ0n) is 11.3. The molecule has 2 fully saturated rings. The van der Waals surface area contributed by atoms with Crippen molar-refractivity contribution in [1.82, 2.24) is 0 Å². The average molecular weight is 224 g/mol. The largest absolute Gasteiger partial charge is 0.396 e. The molecular weight excluding hydrogens is 196 g/mol. The van der Waals surface area contributed by atoms with Crippen molar-refractivity contribution in [2.75, 3.05) is 6.61 Å². The van der Waals surface area contributed by atoms with Crippen LogP contribution >= 0.6 is 0 Å². The fraction of sp³-hybridized carbons (Fsp3) is 1.00. The summed E-state index contributed by atoms with van der Waals surface area (Å²) in [6.07, 6.45) is 9.37. The van der Waals surface area contributed by atoms with Crippen LogP contribution in [0.5, 0.6) is 0 Å². The van der Waals surface area contributed by atoms with Crippen molar-refractivity contribution in [2.45, 2.75) is 65.7 Å². The Labute approximate surface area is 101 Å². The molecule has 0 aromatic carbocycles. The molecule has 0 atom stereocenters. The van der Waals surface area contributed by atoms with E-state index < -0.39 is 0 Å². The van der Waals surface area contributed by atoms with Crippen molar-refractivity contribution < 1.29 is 5.11 Å². The van der Waals surface area contributed by atoms with Crippen LogP contribution in [0.4, 0.5) is 0 Å². The summed E-state index contributed by atoms with van der Waals surface area (Å²) in [5.74, 6) is 1.71. The molecule has 0 aromatic rings. The number of rotatable bonds is 2. The molecule has 2 aliphatic rings. The van der Waals surface area contributed by atoms with Gasteiger partial charge in [-0.1, -0.05) is 27.2 Å². The SMILES string of the molecule is CC(C)(C)C1CCC(CO)(C2CCC2)CC1. The molecule has 0 bridgehead atoms. The summed E-state index contributed by atoms with van der Waals surface area (Å²) < 4.78 is 0. The number of hydrogen-bond acceptors (Lipinski definition) is 1. The van der Waals surface area contributed by atoms with Gasteiger partial charge in [-0.05, 0) is 61.2 Å². The summed E-state index contributed by atoms with van der Waals surface area (Å²) >= 11 is 0. The summed E-state index contributed by atoms with van der Waals surface area (Å²) in [4.78, 5) is 0. The van der Waals surface area contributed by atoms with Crippen molar-refractivity contribution in [3.8, 4) is 0 Å². The number of aliphatic hydroxyl groups is 1. The Hall–Kier alpha value is -0.0400. The van der Waals surface area contributed by atoms with Gasteiger partial charge in [-0.15, -0.1) is 0 Å². The van der Waals surface area contributed by atoms with Crippen molar-refractivity contribution in [3.63, 3.8) is 0 Å². The van der Waals surface area contributed by atoms with Crippen LogP contribution in [0.1, 0.15) is 65.7 Å². The zero-order valence-corrected chi connectivity index (χ0v) is 11.3. The predicted octanol–water partition coefficient (Wildman–Crippen LogP) is 4.00. The van der Waals surface area contributed by atoms with Crippen molar-refractivity contribution >= 4 is 0 Å². The Balaban J connectivity index is 1.96. The van der Waals surface area contributed by atoms with Gasteiger partial charge in [0.2, 0.25) is 0 Å². The molecule has 0 radical (unpaired) electrons. The van der Waals surface area contributed by atoms with E-state index >= 15 is 0 Å². The summed E-state index contributed by atoms with van der Waals surface area (Å²) in [6, 6.07) is 0. The molecule has 94 valence electrons. The van der Waals surface area contributed by atoms with Crippen LogP contribution in [-0.2, 0) is 0 Å². The predicted molar refractivity (Wildman–Crippen MR) is 68.3 cm³/mol. The standard InChI is InChI=1S/C15H28O/c1-14(2,3)12-7-9-15(11-16,10-8-12)13-5-4-6-13/h12-13,16H,4-11H2,1-3H3. The fourth-order valence-corrected chi connectivity index (χ4v) is 3.77. The third-order valence-corrected chi connectivity index (χ3v) is 5.49. The first-order valence-corrected chi connectivity index (χ1v) is 7.09. The second-order valence-corrected chi connectivity index (χ2v) is 7.29. The summed E-state index contributed by atoms with van der Waals surface area (Å²) in [5, 5.41) is 9.77. The molecule has 0 heterocycles. The first kappa shape index (κ1) is 12.4. The average Bonchev–Trinajstić information content (AvgIpc) is 2.14. The van der Waals surface area contributed by atoms with E-state index in [0.717, 1.165) is 11.8 Å². The Morgan fingerprint density at radius 2 is 1.62 bits per heavy atom. The van der Waals surface area contributed by atoms with E-state index in [1.54, 1.807) is 0 Å². The molecule has 0 aliphatic heterocycles. The molecule has 0 saturated heterocycles. The lowest BCUT2D eigenvalue weighted by Crippen LogP contribution is -2.43. The summed E-state index contributed by atoms with van der Waals surface area (Å²) in [7, 11) is 0. The Morgan fingerprint density at radius 3 is 1.94 bits per heavy atom. The van der Waals surface area contributed by atoms with Crippen LogP contribution in [0.25, 0.3) is 0 Å². The maximum absolute atomic E-state index is 9.77. The van der Waals surface area contributed by atoms with Crippen LogP contribution in [0, 0.1) is 22.7 Å². The van der Waals surface area contributed by atoms with Crippen LogP contribution < -0.4 is 0 Å². The minimum Gasteiger partial charge on any atom is -0.396 e. The van der Waals surface area contributed by atoms with Crippen LogP contribution in [0.3, 0.4) is 0 Å². The van der Waals surface area contributed by atoms with E-state index in [-0.39, 0.29) is 0 Å². The molecular formula is C15H28O. The van der Waals surface area contributed by atoms with Gasteiger partial charge in [0.1, 0.15) is 0 Å². The van der Waals surface area contributed by atoms with E-state index in [0.29, 0.717) is 17.4 Å². The molecule has 16 heavy (non-hydrogen) atoms. The quantitative estimate of drug-likeness (QED) is 0.751. The Morgan fingerprint density at radius 1 is 1.06 bits per heavy atom. The third kappa shape index (κ3) is 2.16. The van der Waals surface area contributed by atoms with Crippen molar-refractivity contribution in [1.29, 1.82) is 0 Å². The molecule has 0 spiro atoms. The van der Waals surface area contributed by atoms with Gasteiger partial charge in [-0.25, -0.2) is 0 Å². The summed E-state index contributed by atoms with van der Waals surface area (Å²) in [6.45, 7) is 7.54. The maximum Gasteiger partial charge on any atom is 0.0490 e. The van der Waals surface area contributed by atoms with Gasteiger partial charge >= 0.3 is 0 Å². The fourth-order valence-electron chi connectivity index (χ4n) is 3.77. The molecule has 1 nitrogen and oxygen atoms in total. The van der Waals surface area contributed by atoms with E-state index in [9.17, 15) is 5.11 Å². The minimum absolute atomic E-state index is 0.319. The molecule has 0 amide bonds. The highest BCUT2D eigenvalue weighted by Crippen LogP contribution is 2.53. The molecule has 1 heteroatoms. The Kier molecular flexibility index (Phi) is 3.36. The molecule has 0 unspecified atom stereocenters. The van der Waals surface area contributed by atoms with E-state index in [2.05, 4.69) is 20.8 Å². The monoisotopic (exact) mass is 224 g/mol. The normalized spacial score (nSPS) is 37.1. The smallest absolute Gasteiger partial charge is 0.0490 e. The second kappa shape index (κ2) is 4.33. The van der Waals surface area contributed by atoms with Crippen LogP contribution in [-0.4, -0.2) is 11.7 Å². The molecule has 2 saturated carbocycles. The summed E-state index contributed by atoms with van der Waals surface area (Å²) in [5.41, 5.74) is 0.779. The maximum atomic E-state index is 9.77. The van der Waals surface area contributed by atoms with Gasteiger partial charge in [-0.3, -0.25) is 0 Å². The molecule has 2 rings (SSSR count). The lowest BCUT2D eigenvalue weighted by Gasteiger charge is -2.50. The highest BCUT2D eigenvalue weighted by Gasteiger charge is 2.45. The Bertz CT molecular complexity index is 226. The minimum atomic E-state index is 0.319. The molecule has 0 aromatic heterocycles. The third-order valence-electron chi connectivity index (χ3n) is 5.49. The van der Waals surface area contributed by atoms with Gasteiger partial charge < -0.3 is 5.11 Å². The highest BCUT2D eigenvalue weighted by molar-refractivity contribution is 4.95. The first-order valence-electron chi connectivity index (χ1n) is 7.09. The number of hydrogen-bond donors (Lipinski definition) is 1. The molecule has 1 N–H and O–H groups in total. The van der Waals surface area contributed by atoms with E-state index in [1.165, 1.54) is 44.9 Å². The van der Waals surface area contributed by atoms with Crippen LogP contribution in [0.15, 0.2) is 0 Å². The van der Waals surface area contributed by atoms with Gasteiger partial charge in [0.25, 0.3) is 0 Å². The van der Waals surface area contributed by atoms with Crippen LogP contribution in [0.2, 0.25) is 0 Å². The van der Waals surface area contributed by atoms with Gasteiger partial charge in [-0.2, -0.15) is 0 Å². The highest BCUT2D eigenvalue weighted by atomic mass is 16.3. The van der Waals surface area contributed by atoms with Gasteiger partial charge in [0.15, 0.2) is 0 Å². The first-order chi connectivity index (χ1) is 7.48. The lowest BCUT2D eigenvalue weighted by atomic mass is 9.56. The number of aliphatic hydroxyl groups excluding tert-OH is 1. The van der Waals surface area contributed by atoms with Gasteiger partial charge in [0, 0.05) is 6.61 Å².